The molecule has 0 spiro atoms. The van der Waals surface area contributed by atoms with Crippen molar-refractivity contribution >= 4 is 75.6 Å². The number of ether oxygens (including phenoxy) is 3. The first kappa shape index (κ1) is 49.8. The maximum atomic E-state index is 12.9. The molecule has 1 aliphatic rings. The van der Waals surface area contributed by atoms with Gasteiger partial charge >= 0.3 is 17.8 Å². The highest BCUT2D eigenvalue weighted by Crippen LogP contribution is 2.35. The predicted octanol–water partition coefficient (Wildman–Crippen LogP) is 8.36. The summed E-state index contributed by atoms with van der Waals surface area (Å²) in [6.07, 6.45) is -3.56. The fraction of sp³-hybridized carbons (Fsp3) is 0.390. The maximum absolute atomic E-state index is 12.9. The van der Waals surface area contributed by atoms with Crippen LogP contribution < -0.4 is 25.8 Å². The summed E-state index contributed by atoms with van der Waals surface area (Å²) in [6.45, 7) is 9.96. The van der Waals surface area contributed by atoms with Gasteiger partial charge in [0.05, 0.1) is 39.8 Å². The van der Waals surface area contributed by atoms with Crippen molar-refractivity contribution < 1.29 is 41.8 Å². The highest BCUT2D eigenvalue weighted by Gasteiger charge is 2.35. The van der Waals surface area contributed by atoms with Crippen molar-refractivity contribution in [2.24, 2.45) is 7.05 Å². The van der Waals surface area contributed by atoms with Gasteiger partial charge in [-0.15, -0.1) is 11.6 Å². The Morgan fingerprint density at radius 2 is 1.58 bits per heavy atom. The molecule has 12 nitrogen and oxygen atoms in total. The van der Waals surface area contributed by atoms with Crippen LogP contribution in [-0.4, -0.2) is 70.2 Å². The normalized spacial score (nSPS) is 13.3. The molecule has 5 rings (SSSR count). The van der Waals surface area contributed by atoms with E-state index in [1.165, 1.54) is 12.1 Å². The van der Waals surface area contributed by atoms with E-state index < -0.39 is 40.0 Å². The molecule has 0 fully saturated rings. The lowest BCUT2D eigenvalue weighted by molar-refractivity contribution is -0.144. The van der Waals surface area contributed by atoms with E-state index in [1.54, 1.807) is 30.8 Å². The average molecular weight is 921 g/mol. The summed E-state index contributed by atoms with van der Waals surface area (Å²) >= 11 is 22.9. The number of carbonyl (C=O) groups is 3. The molecule has 0 N–H and O–H groups in total. The molecular formula is C41H45Cl4F3N4O8. The molecule has 326 valence electrons. The molecule has 3 aromatic carbocycles. The third kappa shape index (κ3) is 12.3. The number of esters is 1. The number of para-hydroxylation sites is 3. The Kier molecular flexibility index (Phi) is 18.6. The Balaban J connectivity index is 0.000000249. The first-order valence-electron chi connectivity index (χ1n) is 18.4. The highest BCUT2D eigenvalue weighted by atomic mass is 35.5. The largest absolute Gasteiger partial charge is 0.489 e. The molecule has 4 aromatic rings. The van der Waals surface area contributed by atoms with Crippen LogP contribution in [0, 0.1) is 0 Å². The van der Waals surface area contributed by atoms with Crippen molar-refractivity contribution in [3.05, 3.63) is 115 Å². The molecule has 0 aliphatic carbocycles. The van der Waals surface area contributed by atoms with Crippen LogP contribution in [0.25, 0.3) is 5.69 Å². The van der Waals surface area contributed by atoms with Gasteiger partial charge in [0.1, 0.15) is 30.7 Å². The Hall–Kier alpha value is -4.54. The van der Waals surface area contributed by atoms with E-state index in [-0.39, 0.29) is 46.7 Å². The maximum Gasteiger partial charge on any atom is 0.431 e. The van der Waals surface area contributed by atoms with Crippen molar-refractivity contribution in [1.29, 1.82) is 0 Å². The lowest BCUT2D eigenvalue weighted by Gasteiger charge is -2.35. The Morgan fingerprint density at radius 3 is 2.12 bits per heavy atom. The van der Waals surface area contributed by atoms with Crippen LogP contribution in [0.5, 0.6) is 5.75 Å². The van der Waals surface area contributed by atoms with Crippen molar-refractivity contribution in [1.82, 2.24) is 9.13 Å². The molecule has 1 atom stereocenters. The van der Waals surface area contributed by atoms with Crippen LogP contribution in [0.1, 0.15) is 61.8 Å². The van der Waals surface area contributed by atoms with Gasteiger partial charge in [0.25, 0.3) is 11.5 Å². The molecule has 0 saturated heterocycles. The zero-order valence-electron chi connectivity index (χ0n) is 33.8. The van der Waals surface area contributed by atoms with Crippen molar-refractivity contribution in [2.45, 2.75) is 70.6 Å². The first-order chi connectivity index (χ1) is 28.2. The van der Waals surface area contributed by atoms with Gasteiger partial charge in [-0.3, -0.25) is 23.9 Å². The summed E-state index contributed by atoms with van der Waals surface area (Å²) in [5.41, 5.74) is -0.0446. The minimum Gasteiger partial charge on any atom is -0.489 e. The van der Waals surface area contributed by atoms with E-state index in [2.05, 4.69) is 13.8 Å². The summed E-state index contributed by atoms with van der Waals surface area (Å²) in [5.74, 6) is -0.586. The van der Waals surface area contributed by atoms with Gasteiger partial charge in [-0.2, -0.15) is 13.2 Å². The number of nitrogens with zero attached hydrogens (tertiary/aromatic N) is 4. The standard InChI is InChI=1S/C16H14ClF3N2O4.C14H20ClNO2.C11H11Cl2NO2/c1-8(2)26-14(24)10-6-9(4-5-11(10)17)22-13(23)7-12(16(18,19)20)21(3)15(22)25;1-4-11-7-6-8-12(5-2)14(11)16(10-18-3)13(17)9-15;1-7-6-16-9-5-3-2-4-8(9)14(7)11(15)10(12)13/h4-8H,1-3H3;6-8H,4-5,9-10H2,1-3H3;2-5,7,10H,6H2,1H3. The quantitative estimate of drug-likeness (QED) is 0.0882. The summed E-state index contributed by atoms with van der Waals surface area (Å²) in [6, 6.07) is 17.3. The summed E-state index contributed by atoms with van der Waals surface area (Å²) in [5, 5.41) is 0.0104. The number of alkyl halides is 6. The van der Waals surface area contributed by atoms with Crippen LogP contribution in [0.2, 0.25) is 5.02 Å². The number of benzene rings is 3. The van der Waals surface area contributed by atoms with Crippen LogP contribution in [0.4, 0.5) is 24.5 Å². The van der Waals surface area contributed by atoms with Gasteiger partial charge in [-0.1, -0.05) is 79.0 Å². The number of fused-ring (bicyclic) bond motifs is 1. The van der Waals surface area contributed by atoms with E-state index in [0.717, 1.165) is 48.5 Å². The molecule has 60 heavy (non-hydrogen) atoms. The van der Waals surface area contributed by atoms with Gasteiger partial charge in [0.15, 0.2) is 4.84 Å². The van der Waals surface area contributed by atoms with Gasteiger partial charge in [0, 0.05) is 20.2 Å². The molecule has 2 heterocycles. The molecule has 19 heteroatoms. The van der Waals surface area contributed by atoms with Crippen LogP contribution in [-0.2, 0) is 45.1 Å². The lowest BCUT2D eigenvalue weighted by atomic mass is 10.0. The minimum atomic E-state index is -4.86. The topological polar surface area (TPSA) is 129 Å². The lowest BCUT2D eigenvalue weighted by Crippen LogP contribution is -2.47. The SMILES string of the molecule is CC(C)OC(=O)c1cc(-n2c(=O)cc(C(F)(F)F)n(C)c2=O)ccc1Cl.CC1COc2ccccc2N1C(=O)C(Cl)Cl.CCc1cccc(CC)c1N(COC)C(=O)CCl. The monoisotopic (exact) mass is 918 g/mol. The van der Waals surface area contributed by atoms with Gasteiger partial charge in [-0.05, 0) is 75.1 Å². The highest BCUT2D eigenvalue weighted by molar-refractivity contribution is 6.54. The Morgan fingerprint density at radius 1 is 0.967 bits per heavy atom. The second-order valence-corrected chi connectivity index (χ2v) is 15.1. The number of hydrogen-bond acceptors (Lipinski definition) is 8. The number of aromatic nitrogens is 2. The fourth-order valence-electron chi connectivity index (χ4n) is 5.99. The second kappa shape index (κ2) is 22.3. The van der Waals surface area contributed by atoms with Crippen LogP contribution >= 0.6 is 46.4 Å². The number of amides is 2. The van der Waals surface area contributed by atoms with Gasteiger partial charge in [0.2, 0.25) is 5.91 Å². The summed E-state index contributed by atoms with van der Waals surface area (Å²) < 4.78 is 55.2. The number of rotatable bonds is 10. The molecule has 1 unspecified atom stereocenters. The van der Waals surface area contributed by atoms with E-state index in [0.29, 0.717) is 27.6 Å². The number of hydrogen-bond donors (Lipinski definition) is 0. The molecule has 2 amide bonds. The Labute approximate surface area is 365 Å². The average Bonchev–Trinajstić information content (AvgIpc) is 3.20. The molecule has 0 saturated carbocycles. The number of aryl methyl sites for hydroxylation is 2. The van der Waals surface area contributed by atoms with E-state index in [1.807, 2.05) is 49.4 Å². The molecular weight excluding hydrogens is 875 g/mol. The van der Waals surface area contributed by atoms with Crippen molar-refractivity contribution in [3.63, 3.8) is 0 Å². The summed E-state index contributed by atoms with van der Waals surface area (Å²) in [7, 11) is 2.47. The van der Waals surface area contributed by atoms with Crippen LogP contribution in [0.3, 0.4) is 0 Å². The molecule has 0 bridgehead atoms. The van der Waals surface area contributed by atoms with E-state index in [4.69, 9.17) is 60.6 Å². The number of halogens is 7. The van der Waals surface area contributed by atoms with Crippen molar-refractivity contribution in [3.8, 4) is 11.4 Å². The zero-order valence-corrected chi connectivity index (χ0v) is 36.8. The first-order valence-corrected chi connectivity index (χ1v) is 20.2. The second-order valence-electron chi connectivity index (χ2n) is 13.3. The predicted molar refractivity (Wildman–Crippen MR) is 228 cm³/mol. The fourth-order valence-corrected chi connectivity index (χ4v) is 6.54. The van der Waals surface area contributed by atoms with Gasteiger partial charge in [-0.25, -0.2) is 14.2 Å². The molecule has 0 radical (unpaired) electrons. The summed E-state index contributed by atoms with van der Waals surface area (Å²) in [4.78, 5) is 62.4. The van der Waals surface area contributed by atoms with Gasteiger partial charge < -0.3 is 19.1 Å². The molecule has 1 aliphatic heterocycles. The number of methoxy groups -OCH3 is 1. The zero-order chi connectivity index (χ0) is 45.1. The third-order valence-corrected chi connectivity index (χ3v) is 9.69. The minimum absolute atomic E-state index is 0.0104. The molecule has 1 aromatic heterocycles. The van der Waals surface area contributed by atoms with E-state index >= 15 is 0 Å². The van der Waals surface area contributed by atoms with Crippen LogP contribution in [0.15, 0.2) is 76.3 Å². The number of carbonyl (C=O) groups excluding carboxylic acids is 3. The van der Waals surface area contributed by atoms with E-state index in [9.17, 15) is 37.1 Å². The third-order valence-electron chi connectivity index (χ3n) is 8.76. The smallest absolute Gasteiger partial charge is 0.431 e. The van der Waals surface area contributed by atoms with Crippen molar-refractivity contribution in [2.75, 3.05) is 36.1 Å². The Bertz CT molecular complexity index is 2240. The number of anilines is 2.